The maximum atomic E-state index is 12.4. The molecule has 0 atom stereocenters. The Balaban J connectivity index is 3.29. The first-order chi connectivity index (χ1) is 6.86. The molecule has 0 aliphatic heterocycles. The second-order valence-corrected chi connectivity index (χ2v) is 3.83. The molecule has 7 heteroatoms. The molecule has 0 aliphatic carbocycles. The molecule has 0 bridgehead atoms. The lowest BCUT2D eigenvalue weighted by Gasteiger charge is -2.11. The van der Waals surface area contributed by atoms with Gasteiger partial charge in [0.15, 0.2) is 0 Å². The summed E-state index contributed by atoms with van der Waals surface area (Å²) in [6, 6.07) is 1.84. The summed E-state index contributed by atoms with van der Waals surface area (Å²) in [7, 11) is 0. The number of nitrogens with one attached hydrogen (secondary N) is 1. The average molecular weight is 302 g/mol. The lowest BCUT2D eigenvalue weighted by Crippen LogP contribution is -2.07. The molecule has 1 N–H and O–H groups in total. The Labute approximate surface area is 96.5 Å². The van der Waals surface area contributed by atoms with Crippen molar-refractivity contribution in [2.45, 2.75) is 6.18 Å². The maximum absolute atomic E-state index is 12.4. The number of carbonyl (C=O) groups is 1. The van der Waals surface area contributed by atoms with E-state index in [9.17, 15) is 18.0 Å². The molecule has 0 saturated carbocycles. The largest absolute Gasteiger partial charge is 0.417 e. The van der Waals surface area contributed by atoms with Gasteiger partial charge < -0.3 is 5.32 Å². The molecule has 82 valence electrons. The Bertz CT molecular complexity index is 394. The molecule has 0 heterocycles. The quantitative estimate of drug-likeness (QED) is 0.829. The van der Waals surface area contributed by atoms with E-state index in [0.717, 1.165) is 12.1 Å². The Morgan fingerprint density at radius 3 is 2.47 bits per heavy atom. The summed E-state index contributed by atoms with van der Waals surface area (Å²) in [5.41, 5.74) is -0.974. The third-order valence-corrected chi connectivity index (χ3v) is 2.55. The van der Waals surface area contributed by atoms with Crippen LogP contribution >= 0.6 is 27.5 Å². The van der Waals surface area contributed by atoms with Crippen LogP contribution < -0.4 is 5.32 Å². The summed E-state index contributed by atoms with van der Waals surface area (Å²) in [4.78, 5) is 10.1. The Kier molecular flexibility index (Phi) is 3.62. The van der Waals surface area contributed by atoms with Gasteiger partial charge in [0.1, 0.15) is 0 Å². The highest BCUT2D eigenvalue weighted by atomic mass is 79.9. The van der Waals surface area contributed by atoms with Crippen LogP contribution in [-0.4, -0.2) is 6.41 Å². The predicted octanol–water partition coefficient (Wildman–Crippen LogP) is 3.69. The van der Waals surface area contributed by atoms with Crippen molar-refractivity contribution in [3.63, 3.8) is 0 Å². The van der Waals surface area contributed by atoms with E-state index in [1.807, 2.05) is 0 Å². The highest BCUT2D eigenvalue weighted by Gasteiger charge is 2.33. The van der Waals surface area contributed by atoms with E-state index in [1.54, 1.807) is 0 Å². The van der Waals surface area contributed by atoms with Gasteiger partial charge in [-0.15, -0.1) is 0 Å². The molecule has 1 rings (SSSR count). The van der Waals surface area contributed by atoms with Gasteiger partial charge in [-0.3, -0.25) is 4.79 Å². The van der Waals surface area contributed by atoms with E-state index in [2.05, 4.69) is 21.2 Å². The maximum Gasteiger partial charge on any atom is 0.417 e. The van der Waals surface area contributed by atoms with Gasteiger partial charge in [-0.25, -0.2) is 0 Å². The minimum atomic E-state index is -4.50. The summed E-state index contributed by atoms with van der Waals surface area (Å²) in [6.07, 6.45) is -4.24. The van der Waals surface area contributed by atoms with Crippen LogP contribution in [0.5, 0.6) is 0 Å². The molecular formula is C8H4BrClF3NO. The Hall–Kier alpha value is -0.750. The number of halogens is 5. The van der Waals surface area contributed by atoms with Gasteiger partial charge in [0.2, 0.25) is 6.41 Å². The van der Waals surface area contributed by atoms with E-state index < -0.39 is 11.7 Å². The molecule has 2 nitrogen and oxygen atoms in total. The van der Waals surface area contributed by atoms with Crippen LogP contribution in [0.3, 0.4) is 0 Å². The summed E-state index contributed by atoms with van der Waals surface area (Å²) in [5.74, 6) is 0. The Morgan fingerprint density at radius 1 is 1.40 bits per heavy atom. The van der Waals surface area contributed by atoms with Crippen LogP contribution in [0, 0.1) is 0 Å². The standard InChI is InChI=1S/C8H4BrClF3NO/c9-5-2-6(10)7(14-3-15)1-4(5)8(11,12)13/h1-3H,(H,14,15). The van der Waals surface area contributed by atoms with Gasteiger partial charge in [-0.1, -0.05) is 27.5 Å². The fourth-order valence-corrected chi connectivity index (χ4v) is 1.86. The summed E-state index contributed by atoms with van der Waals surface area (Å²) < 4.78 is 37.1. The average Bonchev–Trinajstić information content (AvgIpc) is 2.07. The third-order valence-electron chi connectivity index (χ3n) is 1.58. The van der Waals surface area contributed by atoms with Crippen molar-refractivity contribution >= 4 is 39.6 Å². The van der Waals surface area contributed by atoms with Gasteiger partial charge >= 0.3 is 6.18 Å². The molecule has 0 aliphatic rings. The lowest BCUT2D eigenvalue weighted by molar-refractivity contribution is -0.138. The zero-order valence-electron chi connectivity index (χ0n) is 7.03. The number of hydrogen-bond acceptors (Lipinski definition) is 1. The molecule has 1 aromatic rings. The lowest BCUT2D eigenvalue weighted by atomic mass is 10.2. The first-order valence-corrected chi connectivity index (χ1v) is 4.79. The zero-order chi connectivity index (χ0) is 11.6. The van der Waals surface area contributed by atoms with E-state index in [4.69, 9.17) is 11.6 Å². The van der Waals surface area contributed by atoms with Crippen LogP contribution in [0.25, 0.3) is 0 Å². The second-order valence-electron chi connectivity index (χ2n) is 2.57. The van der Waals surface area contributed by atoms with Crippen molar-refractivity contribution in [2.24, 2.45) is 0 Å². The van der Waals surface area contributed by atoms with Crippen LogP contribution in [-0.2, 0) is 11.0 Å². The van der Waals surface area contributed by atoms with E-state index in [1.165, 1.54) is 0 Å². The topological polar surface area (TPSA) is 29.1 Å². The van der Waals surface area contributed by atoms with Crippen LogP contribution in [0.4, 0.5) is 18.9 Å². The van der Waals surface area contributed by atoms with Crippen molar-refractivity contribution in [1.82, 2.24) is 0 Å². The molecule has 1 amide bonds. The number of carbonyl (C=O) groups excluding carboxylic acids is 1. The van der Waals surface area contributed by atoms with Gasteiger partial charge in [-0.2, -0.15) is 13.2 Å². The number of hydrogen-bond donors (Lipinski definition) is 1. The molecule has 0 fully saturated rings. The van der Waals surface area contributed by atoms with Gasteiger partial charge in [-0.05, 0) is 12.1 Å². The zero-order valence-corrected chi connectivity index (χ0v) is 9.37. The monoisotopic (exact) mass is 301 g/mol. The first kappa shape index (κ1) is 12.3. The fraction of sp³-hybridized carbons (Fsp3) is 0.125. The molecule has 0 saturated heterocycles. The van der Waals surface area contributed by atoms with Crippen molar-refractivity contribution in [3.05, 3.63) is 27.2 Å². The van der Waals surface area contributed by atoms with E-state index >= 15 is 0 Å². The molecular weight excluding hydrogens is 298 g/mol. The third kappa shape index (κ3) is 2.85. The Morgan fingerprint density at radius 2 is 2.00 bits per heavy atom. The minimum absolute atomic E-state index is 0.0296. The molecule has 0 aromatic heterocycles. The van der Waals surface area contributed by atoms with Crippen molar-refractivity contribution in [2.75, 3.05) is 5.32 Å². The van der Waals surface area contributed by atoms with Crippen LogP contribution in [0.2, 0.25) is 5.02 Å². The minimum Gasteiger partial charge on any atom is -0.327 e. The summed E-state index contributed by atoms with van der Waals surface area (Å²) in [5, 5.41) is 2.11. The smallest absolute Gasteiger partial charge is 0.327 e. The molecule has 0 unspecified atom stereocenters. The van der Waals surface area contributed by atoms with Crippen molar-refractivity contribution < 1.29 is 18.0 Å². The molecule has 1 aromatic carbocycles. The van der Waals surface area contributed by atoms with Gasteiger partial charge in [0.25, 0.3) is 0 Å². The highest BCUT2D eigenvalue weighted by molar-refractivity contribution is 9.10. The van der Waals surface area contributed by atoms with Gasteiger partial charge in [0, 0.05) is 4.47 Å². The number of amides is 1. The highest BCUT2D eigenvalue weighted by Crippen LogP contribution is 2.39. The van der Waals surface area contributed by atoms with Crippen molar-refractivity contribution in [3.8, 4) is 0 Å². The van der Waals surface area contributed by atoms with Crippen LogP contribution in [0.15, 0.2) is 16.6 Å². The van der Waals surface area contributed by atoms with Crippen molar-refractivity contribution in [1.29, 1.82) is 0 Å². The number of anilines is 1. The van der Waals surface area contributed by atoms with Gasteiger partial charge in [0.05, 0.1) is 16.3 Å². The van der Waals surface area contributed by atoms with Crippen LogP contribution in [0.1, 0.15) is 5.56 Å². The normalized spacial score (nSPS) is 11.3. The van der Waals surface area contributed by atoms with E-state index in [-0.39, 0.29) is 21.6 Å². The second kappa shape index (κ2) is 4.40. The summed E-state index contributed by atoms with van der Waals surface area (Å²) in [6.45, 7) is 0. The fourth-order valence-electron chi connectivity index (χ4n) is 0.940. The summed E-state index contributed by atoms with van der Waals surface area (Å²) >= 11 is 8.36. The first-order valence-electron chi connectivity index (χ1n) is 3.62. The number of alkyl halides is 3. The SMILES string of the molecule is O=CNc1cc(C(F)(F)F)c(Br)cc1Cl. The molecule has 15 heavy (non-hydrogen) atoms. The number of rotatable bonds is 2. The molecule has 0 spiro atoms. The van der Waals surface area contributed by atoms with E-state index in [0.29, 0.717) is 0 Å². The predicted molar refractivity (Wildman–Crippen MR) is 53.8 cm³/mol. The molecule has 0 radical (unpaired) electrons. The number of benzene rings is 1.